The molecule has 34 heavy (non-hydrogen) atoms. The van der Waals surface area contributed by atoms with Crippen molar-refractivity contribution in [2.75, 3.05) is 18.6 Å². The van der Waals surface area contributed by atoms with E-state index in [0.29, 0.717) is 23.7 Å². The molecule has 0 saturated carbocycles. The van der Waals surface area contributed by atoms with Crippen LogP contribution in [-0.2, 0) is 11.2 Å². The number of benzene rings is 2. The number of H-pyrrole nitrogens is 1. The fraction of sp³-hybridized carbons (Fsp3) is 0.160. The van der Waals surface area contributed by atoms with Crippen LogP contribution in [-0.4, -0.2) is 51.7 Å². The number of nitrogens with one attached hydrogen (secondary N) is 2. The first-order valence-electron chi connectivity index (χ1n) is 10.8. The van der Waals surface area contributed by atoms with Gasteiger partial charge in [0.1, 0.15) is 24.2 Å². The quantitative estimate of drug-likeness (QED) is 0.479. The molecule has 9 heteroatoms. The first-order chi connectivity index (χ1) is 16.6. The zero-order chi connectivity index (χ0) is 23.5. The Morgan fingerprint density at radius 3 is 2.76 bits per heavy atom. The molecule has 0 fully saturated rings. The first kappa shape index (κ1) is 21.3. The van der Waals surface area contributed by atoms with Gasteiger partial charge >= 0.3 is 0 Å². The second-order valence-corrected chi connectivity index (χ2v) is 7.90. The van der Waals surface area contributed by atoms with E-state index >= 15 is 0 Å². The minimum atomic E-state index is -0.890. The lowest BCUT2D eigenvalue weighted by atomic mass is 10.1. The van der Waals surface area contributed by atoms with Crippen LogP contribution in [0.25, 0.3) is 11.3 Å². The SMILES string of the molecule is CN1C(=O)[C@@H](NC(=O)c2n[nH]c(Cc3ccccc3)n2)COc2ccc(-c3ccccn3)cc21. The van der Waals surface area contributed by atoms with Crippen molar-refractivity contribution in [3.63, 3.8) is 0 Å². The summed E-state index contributed by atoms with van der Waals surface area (Å²) in [5.74, 6) is 0.235. The summed E-state index contributed by atoms with van der Waals surface area (Å²) in [4.78, 5) is 36.0. The lowest BCUT2D eigenvalue weighted by molar-refractivity contribution is -0.120. The number of aromatic amines is 1. The number of rotatable bonds is 5. The normalized spacial score (nSPS) is 15.3. The minimum absolute atomic E-state index is 0.00780. The van der Waals surface area contributed by atoms with E-state index in [0.717, 1.165) is 16.8 Å². The lowest BCUT2D eigenvalue weighted by Crippen LogP contribution is -2.49. The summed E-state index contributed by atoms with van der Waals surface area (Å²) in [6, 6.07) is 20.0. The van der Waals surface area contributed by atoms with Crippen LogP contribution in [0.3, 0.4) is 0 Å². The van der Waals surface area contributed by atoms with E-state index in [1.165, 1.54) is 4.90 Å². The summed E-state index contributed by atoms with van der Waals surface area (Å²) < 4.78 is 5.87. The van der Waals surface area contributed by atoms with E-state index in [-0.39, 0.29) is 18.3 Å². The number of hydrogen-bond acceptors (Lipinski definition) is 6. The highest BCUT2D eigenvalue weighted by Crippen LogP contribution is 2.34. The van der Waals surface area contributed by atoms with Gasteiger partial charge in [0.2, 0.25) is 5.82 Å². The van der Waals surface area contributed by atoms with E-state index in [9.17, 15) is 9.59 Å². The number of ether oxygens (including phenoxy) is 1. The molecule has 0 aliphatic carbocycles. The first-order valence-corrected chi connectivity index (χ1v) is 10.8. The number of nitrogens with zero attached hydrogens (tertiary/aromatic N) is 4. The molecule has 3 heterocycles. The molecule has 1 aliphatic heterocycles. The number of amides is 2. The molecule has 4 aromatic rings. The number of carbonyl (C=O) groups is 2. The summed E-state index contributed by atoms with van der Waals surface area (Å²) in [5.41, 5.74) is 3.29. The fourth-order valence-corrected chi connectivity index (χ4v) is 3.78. The number of likely N-dealkylation sites (N-methyl/N-ethyl adjacent to an activating group) is 1. The third-order valence-electron chi connectivity index (χ3n) is 5.57. The van der Waals surface area contributed by atoms with E-state index in [1.54, 1.807) is 19.3 Å². The van der Waals surface area contributed by atoms with Gasteiger partial charge in [-0.15, -0.1) is 5.10 Å². The minimum Gasteiger partial charge on any atom is -0.489 e. The Bertz CT molecular complexity index is 1320. The van der Waals surface area contributed by atoms with Crippen LogP contribution in [0, 0.1) is 0 Å². The molecule has 0 radical (unpaired) electrons. The van der Waals surface area contributed by atoms with E-state index < -0.39 is 11.9 Å². The number of anilines is 1. The second-order valence-electron chi connectivity index (χ2n) is 7.90. The molecule has 2 aromatic carbocycles. The molecular weight excluding hydrogens is 432 g/mol. The van der Waals surface area contributed by atoms with Gasteiger partial charge in [-0.05, 0) is 35.9 Å². The number of aromatic nitrogens is 4. The topological polar surface area (TPSA) is 113 Å². The van der Waals surface area contributed by atoms with Crippen LogP contribution in [0.5, 0.6) is 5.75 Å². The highest BCUT2D eigenvalue weighted by atomic mass is 16.5. The molecule has 1 aliphatic rings. The Morgan fingerprint density at radius 2 is 1.97 bits per heavy atom. The monoisotopic (exact) mass is 454 g/mol. The number of hydrogen-bond donors (Lipinski definition) is 2. The van der Waals surface area contributed by atoms with Crippen molar-refractivity contribution < 1.29 is 14.3 Å². The lowest BCUT2D eigenvalue weighted by Gasteiger charge is -2.20. The van der Waals surface area contributed by atoms with Crippen molar-refractivity contribution in [1.82, 2.24) is 25.5 Å². The van der Waals surface area contributed by atoms with Gasteiger partial charge in [-0.3, -0.25) is 19.7 Å². The Kier molecular flexibility index (Phi) is 5.73. The maximum absolute atomic E-state index is 13.1. The van der Waals surface area contributed by atoms with Crippen LogP contribution in [0.4, 0.5) is 5.69 Å². The zero-order valence-corrected chi connectivity index (χ0v) is 18.4. The van der Waals surface area contributed by atoms with Crippen molar-refractivity contribution in [3.8, 4) is 17.0 Å². The Labute approximate surface area is 195 Å². The van der Waals surface area contributed by atoms with Gasteiger partial charge in [0.05, 0.1) is 11.4 Å². The van der Waals surface area contributed by atoms with Crippen molar-refractivity contribution in [3.05, 3.63) is 90.1 Å². The molecule has 9 nitrogen and oxygen atoms in total. The predicted octanol–water partition coefficient (Wildman–Crippen LogP) is 2.61. The Morgan fingerprint density at radius 1 is 1.15 bits per heavy atom. The summed E-state index contributed by atoms with van der Waals surface area (Å²) in [7, 11) is 1.65. The van der Waals surface area contributed by atoms with Crippen molar-refractivity contribution in [2.24, 2.45) is 0 Å². The van der Waals surface area contributed by atoms with Crippen molar-refractivity contribution in [1.29, 1.82) is 0 Å². The molecule has 5 rings (SSSR count). The summed E-state index contributed by atoms with van der Waals surface area (Å²) in [6.07, 6.45) is 2.23. The van der Waals surface area contributed by atoms with Gasteiger partial charge in [-0.25, -0.2) is 4.98 Å². The number of fused-ring (bicyclic) bond motifs is 1. The van der Waals surface area contributed by atoms with Crippen molar-refractivity contribution in [2.45, 2.75) is 12.5 Å². The highest BCUT2D eigenvalue weighted by Gasteiger charge is 2.32. The largest absolute Gasteiger partial charge is 0.489 e. The van der Waals surface area contributed by atoms with E-state index in [2.05, 4.69) is 25.5 Å². The van der Waals surface area contributed by atoms with Crippen LogP contribution >= 0.6 is 0 Å². The van der Waals surface area contributed by atoms with Gasteiger partial charge in [0.15, 0.2) is 0 Å². The van der Waals surface area contributed by atoms with Gasteiger partial charge < -0.3 is 15.0 Å². The molecule has 2 aromatic heterocycles. The number of pyridine rings is 1. The molecule has 2 amide bonds. The summed E-state index contributed by atoms with van der Waals surface area (Å²) in [6.45, 7) is -0.00780. The second kappa shape index (κ2) is 9.14. The molecule has 0 unspecified atom stereocenters. The molecule has 0 spiro atoms. The van der Waals surface area contributed by atoms with Gasteiger partial charge in [-0.1, -0.05) is 36.4 Å². The molecule has 0 bridgehead atoms. The van der Waals surface area contributed by atoms with Gasteiger partial charge in [-0.2, -0.15) is 0 Å². The Balaban J connectivity index is 1.30. The smallest absolute Gasteiger partial charge is 0.291 e. The standard InChI is InChI=1S/C25H22N6O3/c1-31-20-14-17(18-9-5-6-12-26-18)10-11-21(20)34-15-19(25(31)33)27-24(32)23-28-22(29-30-23)13-16-7-3-2-4-8-16/h2-12,14,19H,13,15H2,1H3,(H,27,32)(H,28,29,30)/t19-/m0/s1. The van der Waals surface area contributed by atoms with Gasteiger partial charge in [0, 0.05) is 25.2 Å². The molecule has 0 saturated heterocycles. The molecule has 1 atom stereocenters. The van der Waals surface area contributed by atoms with E-state index in [1.807, 2.05) is 60.7 Å². The van der Waals surface area contributed by atoms with Crippen molar-refractivity contribution >= 4 is 17.5 Å². The van der Waals surface area contributed by atoms with E-state index in [4.69, 9.17) is 4.74 Å². The predicted molar refractivity (Wildman–Crippen MR) is 125 cm³/mol. The number of carbonyl (C=O) groups excluding carboxylic acids is 2. The zero-order valence-electron chi connectivity index (χ0n) is 18.4. The fourth-order valence-electron chi connectivity index (χ4n) is 3.78. The highest BCUT2D eigenvalue weighted by molar-refractivity contribution is 6.02. The summed E-state index contributed by atoms with van der Waals surface area (Å²) in [5, 5.41) is 9.50. The Hall–Kier alpha value is -4.53. The van der Waals surface area contributed by atoms with Crippen LogP contribution in [0.1, 0.15) is 22.0 Å². The third-order valence-corrected chi connectivity index (χ3v) is 5.57. The van der Waals surface area contributed by atoms with Crippen LogP contribution in [0.15, 0.2) is 72.9 Å². The third kappa shape index (κ3) is 4.36. The maximum Gasteiger partial charge on any atom is 0.291 e. The molecule has 2 N–H and O–H groups in total. The van der Waals surface area contributed by atoms with Gasteiger partial charge in [0.25, 0.3) is 11.8 Å². The van der Waals surface area contributed by atoms with Crippen LogP contribution in [0.2, 0.25) is 0 Å². The molecule has 170 valence electrons. The average molecular weight is 454 g/mol. The molecular formula is C25H22N6O3. The van der Waals surface area contributed by atoms with Crippen LogP contribution < -0.4 is 15.0 Å². The maximum atomic E-state index is 13.1. The average Bonchev–Trinajstić information content (AvgIpc) is 3.31. The summed E-state index contributed by atoms with van der Waals surface area (Å²) >= 11 is 0.